The van der Waals surface area contributed by atoms with E-state index in [1.807, 2.05) is 4.98 Å². The molecule has 24 nitrogen and oxygen atoms in total. The second kappa shape index (κ2) is 16.8. The fourth-order valence-corrected chi connectivity index (χ4v) is 8.12. The Labute approximate surface area is 287 Å². The first-order chi connectivity index (χ1) is 23.8. The molecule has 4 rings (SSSR count). The van der Waals surface area contributed by atoms with Gasteiger partial charge in [0.25, 0.3) is 21.2 Å². The zero-order valence-corrected chi connectivity index (χ0v) is 28.4. The highest BCUT2D eigenvalue weighted by atomic mass is 31.3. The van der Waals surface area contributed by atoms with Crippen molar-refractivity contribution in [3.63, 3.8) is 0 Å². The number of aromatic nitrogens is 2. The van der Waals surface area contributed by atoms with Crippen LogP contribution in [0.15, 0.2) is 21.9 Å². The molecule has 16 atom stereocenters. The number of aliphatic hydroxyl groups excluding tert-OH is 9. The Kier molecular flexibility index (Phi) is 13.9. The molecular formula is C25H40N2O22P2-2. The van der Waals surface area contributed by atoms with Crippen molar-refractivity contribution in [1.82, 2.24) is 9.55 Å². The summed E-state index contributed by atoms with van der Waals surface area (Å²) >= 11 is 0. The minimum absolute atomic E-state index is 0.404. The lowest BCUT2D eigenvalue weighted by atomic mass is 9.77. The maximum Gasteiger partial charge on any atom is 0.330 e. The number of rotatable bonds is 15. The molecule has 0 saturated carbocycles. The molecule has 0 aromatic carbocycles. The van der Waals surface area contributed by atoms with Crippen LogP contribution in [0, 0.1) is 5.92 Å². The second-order valence-electron chi connectivity index (χ2n) is 12.1. The predicted molar refractivity (Wildman–Crippen MR) is 156 cm³/mol. The molecule has 3 saturated heterocycles. The first-order valence-corrected chi connectivity index (χ1v) is 18.2. The summed E-state index contributed by atoms with van der Waals surface area (Å²) in [6, 6.07) is 0.897. The topological polar surface area (TPSA) is 382 Å². The van der Waals surface area contributed by atoms with Gasteiger partial charge in [-0.1, -0.05) is 0 Å². The van der Waals surface area contributed by atoms with Gasteiger partial charge < -0.3 is 83.7 Å². The van der Waals surface area contributed by atoms with Crippen LogP contribution in [0.3, 0.4) is 0 Å². The Morgan fingerprint density at radius 2 is 1.49 bits per heavy atom. The summed E-state index contributed by atoms with van der Waals surface area (Å²) in [6.45, 7) is -4.22. The predicted octanol–water partition coefficient (Wildman–Crippen LogP) is -7.16. The van der Waals surface area contributed by atoms with Crippen LogP contribution < -0.4 is 21.0 Å². The average Bonchev–Trinajstić information content (AvgIpc) is 3.35. The average molecular weight is 783 g/mol. The van der Waals surface area contributed by atoms with Crippen LogP contribution in [-0.4, -0.2) is 162 Å². The van der Waals surface area contributed by atoms with E-state index in [9.17, 15) is 74.5 Å². The third-order valence-corrected chi connectivity index (χ3v) is 11.4. The van der Waals surface area contributed by atoms with Crippen molar-refractivity contribution in [2.24, 2.45) is 5.92 Å². The van der Waals surface area contributed by atoms with E-state index in [2.05, 4.69) is 8.83 Å². The summed E-state index contributed by atoms with van der Waals surface area (Å²) in [5, 5.41) is 93.1. The Bertz CT molecular complexity index is 1510. The van der Waals surface area contributed by atoms with E-state index in [-0.39, 0.29) is 0 Å². The Hall–Kier alpha value is -1.58. The van der Waals surface area contributed by atoms with E-state index < -0.39 is 151 Å². The number of nitrogens with zero attached hydrogens (tertiary/aromatic N) is 1. The highest BCUT2D eigenvalue weighted by molar-refractivity contribution is 7.59. The highest BCUT2D eigenvalue weighted by Crippen LogP contribution is 2.56. The second-order valence-corrected chi connectivity index (χ2v) is 15.0. The zero-order chi connectivity index (χ0) is 38.1. The number of ether oxygens (including phenoxy) is 4. The monoisotopic (exact) mass is 782 g/mol. The number of methoxy groups -OCH3 is 1. The summed E-state index contributed by atoms with van der Waals surface area (Å²) in [5.74, 6) is -1.22. The number of nitrogens with one attached hydrogen (secondary N) is 1. The molecule has 1 aromatic rings. The van der Waals surface area contributed by atoms with Crippen LogP contribution in [0.2, 0.25) is 0 Å². The molecule has 1 aromatic heterocycles. The lowest BCUT2D eigenvalue weighted by Gasteiger charge is -2.50. The summed E-state index contributed by atoms with van der Waals surface area (Å²) in [7, 11) is -10.8. The summed E-state index contributed by atoms with van der Waals surface area (Å²) in [6.07, 6.45) is -20.8. The molecule has 0 bridgehead atoms. The van der Waals surface area contributed by atoms with Gasteiger partial charge in [0, 0.05) is 25.3 Å². The van der Waals surface area contributed by atoms with Crippen molar-refractivity contribution in [3.8, 4) is 0 Å². The molecule has 26 heteroatoms. The van der Waals surface area contributed by atoms with E-state index in [0.29, 0.717) is 4.57 Å². The first-order valence-electron chi connectivity index (χ1n) is 15.2. The molecular weight excluding hydrogens is 742 g/mol. The van der Waals surface area contributed by atoms with Gasteiger partial charge in [0.15, 0.2) is 12.5 Å². The van der Waals surface area contributed by atoms with Gasteiger partial charge in [-0.2, -0.15) is 0 Å². The normalized spacial score (nSPS) is 41.2. The van der Waals surface area contributed by atoms with Crippen LogP contribution in [0.1, 0.15) is 19.1 Å². The molecule has 0 spiro atoms. The summed E-state index contributed by atoms with van der Waals surface area (Å²) < 4.78 is 60.3. The van der Waals surface area contributed by atoms with Crippen LogP contribution in [0.5, 0.6) is 0 Å². The fraction of sp³-hybridized carbons (Fsp3) is 0.840. The van der Waals surface area contributed by atoms with Gasteiger partial charge in [0.2, 0.25) is 0 Å². The number of aliphatic hydroxyl groups is 9. The Balaban J connectivity index is 1.46. The van der Waals surface area contributed by atoms with E-state index in [1.165, 1.54) is 0 Å². The van der Waals surface area contributed by atoms with Crippen molar-refractivity contribution in [1.29, 1.82) is 0 Å². The molecule has 0 radical (unpaired) electrons. The van der Waals surface area contributed by atoms with Gasteiger partial charge in [-0.25, -0.2) is 9.11 Å². The first kappa shape index (κ1) is 42.2. The van der Waals surface area contributed by atoms with Gasteiger partial charge in [-0.15, -0.1) is 0 Å². The SMILES string of the molecule is CO[C@@H]1O[C@@H](CO)[C@H](O)C(CC[C@]2(COP(=O)([O-])OP(=O)([O-])OC[C@H]3O[C@@H](n4ccc(=O)[nH]c4=O)C(O)C3O)OC(CO)[C@H](O)C(O)C2O)C1O. The molecule has 10 N–H and O–H groups in total. The fourth-order valence-electron chi connectivity index (χ4n) is 6.06. The lowest BCUT2D eigenvalue weighted by molar-refractivity contribution is -0.299. The standard InChI is InChI=1S/C25H42N2O22P2/c1-43-23-16(32)10(15(31)11(6-28)47-23)2-4-25(21(37)19(35)17(33)12(7-29)48-25)9-45-51(41,42)49-50(39,40)44-8-13-18(34)20(36)22(46-13)27-5-3-14(30)26-24(27)38/h3,5,10-13,15-23,28-29,31-37H,2,4,6-9H2,1H3,(H,39,40)(H,41,42)(H,26,30,38)/p-2/t10?,11-,12?,13+,15+,16?,17-,18?,19?,20?,21?,22+,23+,25+/m0/s1. The molecule has 4 heterocycles. The number of phosphoric ester groups is 2. The molecule has 294 valence electrons. The van der Waals surface area contributed by atoms with E-state index in [0.717, 1.165) is 19.4 Å². The van der Waals surface area contributed by atoms with Crippen molar-refractivity contribution < 1.29 is 97.2 Å². The molecule has 3 aliphatic heterocycles. The van der Waals surface area contributed by atoms with Crippen LogP contribution in [0.25, 0.3) is 0 Å². The smallest absolute Gasteiger partial charge is 0.330 e. The maximum atomic E-state index is 12.7. The third-order valence-electron chi connectivity index (χ3n) is 8.84. The number of H-pyrrole nitrogens is 1. The third kappa shape index (κ3) is 9.39. The van der Waals surface area contributed by atoms with Crippen LogP contribution >= 0.6 is 15.6 Å². The van der Waals surface area contributed by atoms with Crippen molar-refractivity contribution in [2.75, 3.05) is 33.5 Å². The highest BCUT2D eigenvalue weighted by Gasteiger charge is 2.55. The largest absolute Gasteiger partial charge is 0.756 e. The van der Waals surface area contributed by atoms with Gasteiger partial charge in [0.05, 0.1) is 32.5 Å². The minimum atomic E-state index is -6.03. The summed E-state index contributed by atoms with van der Waals surface area (Å²) in [5.41, 5.74) is -4.25. The van der Waals surface area contributed by atoms with Crippen LogP contribution in [0.4, 0.5) is 0 Å². The van der Waals surface area contributed by atoms with Crippen LogP contribution in [-0.2, 0) is 41.4 Å². The quantitative estimate of drug-likeness (QED) is 0.0739. The van der Waals surface area contributed by atoms with Gasteiger partial charge >= 0.3 is 5.69 Å². The van der Waals surface area contributed by atoms with Gasteiger partial charge in [-0.3, -0.25) is 23.5 Å². The van der Waals surface area contributed by atoms with E-state index >= 15 is 0 Å². The number of hydrogen-bond acceptors (Lipinski definition) is 22. The molecule has 3 aliphatic rings. The number of phosphoric acid groups is 2. The summed E-state index contributed by atoms with van der Waals surface area (Å²) in [4.78, 5) is 50.5. The molecule has 51 heavy (non-hydrogen) atoms. The number of hydrogen-bond donors (Lipinski definition) is 10. The molecule has 0 aliphatic carbocycles. The van der Waals surface area contributed by atoms with Crippen molar-refractivity contribution in [2.45, 2.75) is 92.0 Å². The van der Waals surface area contributed by atoms with E-state index in [4.69, 9.17) is 23.5 Å². The van der Waals surface area contributed by atoms with Crippen molar-refractivity contribution in [3.05, 3.63) is 33.1 Å². The lowest BCUT2D eigenvalue weighted by Crippen LogP contribution is -2.67. The zero-order valence-electron chi connectivity index (χ0n) is 26.6. The number of aromatic amines is 1. The molecule has 3 fully saturated rings. The molecule has 9 unspecified atom stereocenters. The van der Waals surface area contributed by atoms with E-state index in [1.54, 1.807) is 0 Å². The maximum absolute atomic E-state index is 12.7. The van der Waals surface area contributed by atoms with Gasteiger partial charge in [-0.05, 0) is 12.8 Å². The minimum Gasteiger partial charge on any atom is -0.756 e. The molecule has 0 amide bonds. The Morgan fingerprint density at radius 3 is 2.10 bits per heavy atom. The van der Waals surface area contributed by atoms with Crippen molar-refractivity contribution >= 4 is 15.6 Å². The Morgan fingerprint density at radius 1 is 0.863 bits per heavy atom. The van der Waals surface area contributed by atoms with Gasteiger partial charge in [0.1, 0.15) is 60.5 Å².